The number of anilines is 1. The van der Waals surface area contributed by atoms with Crippen molar-refractivity contribution in [3.8, 4) is 0 Å². The van der Waals surface area contributed by atoms with E-state index in [1.165, 1.54) is 6.92 Å². The van der Waals surface area contributed by atoms with Crippen molar-refractivity contribution in [3.05, 3.63) is 65.2 Å². The van der Waals surface area contributed by atoms with Gasteiger partial charge in [0.2, 0.25) is 5.91 Å². The maximum atomic E-state index is 12.1. The summed E-state index contributed by atoms with van der Waals surface area (Å²) < 4.78 is 0. The van der Waals surface area contributed by atoms with Gasteiger partial charge in [-0.3, -0.25) is 25.2 Å². The number of carbonyl (C=O) groups excluding carboxylic acids is 3. The Morgan fingerprint density at radius 1 is 0.760 bits per heavy atom. The molecule has 0 spiro atoms. The van der Waals surface area contributed by atoms with Gasteiger partial charge in [-0.25, -0.2) is 0 Å². The Labute approximate surface area is 146 Å². The minimum absolute atomic E-state index is 0.187. The average molecular weight is 339 g/mol. The van der Waals surface area contributed by atoms with Gasteiger partial charge in [0.05, 0.1) is 0 Å². The lowest BCUT2D eigenvalue weighted by Gasteiger charge is -2.09. The van der Waals surface area contributed by atoms with Gasteiger partial charge in [0.25, 0.3) is 11.8 Å². The molecule has 0 radical (unpaired) electrons. The molecule has 130 valence electrons. The molecule has 2 rings (SSSR count). The highest BCUT2D eigenvalue weighted by Crippen LogP contribution is 2.14. The van der Waals surface area contributed by atoms with Crippen molar-refractivity contribution >= 4 is 23.4 Å². The number of hydrazine groups is 1. The van der Waals surface area contributed by atoms with Gasteiger partial charge >= 0.3 is 0 Å². The molecule has 6 heteroatoms. The van der Waals surface area contributed by atoms with Crippen LogP contribution in [0.4, 0.5) is 5.69 Å². The highest BCUT2D eigenvalue weighted by Gasteiger charge is 2.10. The van der Waals surface area contributed by atoms with Crippen molar-refractivity contribution in [2.45, 2.75) is 26.7 Å². The van der Waals surface area contributed by atoms with Crippen LogP contribution in [0.25, 0.3) is 0 Å². The summed E-state index contributed by atoms with van der Waals surface area (Å²) in [6.07, 6.45) is 0. The van der Waals surface area contributed by atoms with E-state index in [1.54, 1.807) is 36.4 Å². The van der Waals surface area contributed by atoms with Crippen LogP contribution >= 0.6 is 0 Å². The molecule has 0 atom stereocenters. The van der Waals surface area contributed by atoms with Crippen LogP contribution in [-0.2, 0) is 4.79 Å². The minimum atomic E-state index is -0.443. The summed E-state index contributed by atoms with van der Waals surface area (Å²) >= 11 is 0. The standard InChI is InChI=1S/C19H21N3O3/c1-12(2)14-4-6-15(7-5-14)18(24)21-22-19(25)16-8-10-17(11-9-16)20-13(3)23/h4-12H,1-3H3,(H,20,23)(H,21,24)(H,22,25). The van der Waals surface area contributed by atoms with Crippen LogP contribution < -0.4 is 16.2 Å². The SMILES string of the molecule is CC(=O)Nc1ccc(C(=O)NNC(=O)c2ccc(C(C)C)cc2)cc1. The predicted molar refractivity (Wildman–Crippen MR) is 96.2 cm³/mol. The van der Waals surface area contributed by atoms with Crippen molar-refractivity contribution in [2.75, 3.05) is 5.32 Å². The summed E-state index contributed by atoms with van der Waals surface area (Å²) in [5, 5.41) is 2.61. The summed E-state index contributed by atoms with van der Waals surface area (Å²) in [7, 11) is 0. The fourth-order valence-electron chi connectivity index (χ4n) is 2.19. The molecule has 6 nitrogen and oxygen atoms in total. The van der Waals surface area contributed by atoms with Crippen LogP contribution in [0.3, 0.4) is 0 Å². The van der Waals surface area contributed by atoms with Crippen LogP contribution in [0.1, 0.15) is 53.0 Å². The Hall–Kier alpha value is -3.15. The van der Waals surface area contributed by atoms with Crippen molar-refractivity contribution < 1.29 is 14.4 Å². The van der Waals surface area contributed by atoms with Crippen LogP contribution in [0, 0.1) is 0 Å². The largest absolute Gasteiger partial charge is 0.326 e. The number of benzene rings is 2. The van der Waals surface area contributed by atoms with Gasteiger partial charge in [-0.1, -0.05) is 26.0 Å². The molecule has 0 aliphatic rings. The van der Waals surface area contributed by atoms with Gasteiger partial charge in [0, 0.05) is 23.7 Å². The molecule has 25 heavy (non-hydrogen) atoms. The second-order valence-electron chi connectivity index (χ2n) is 5.94. The first-order valence-electron chi connectivity index (χ1n) is 7.95. The Kier molecular flexibility index (Phi) is 5.89. The highest BCUT2D eigenvalue weighted by molar-refractivity contribution is 5.99. The molecule has 0 aliphatic carbocycles. The quantitative estimate of drug-likeness (QED) is 0.749. The Morgan fingerprint density at radius 3 is 1.60 bits per heavy atom. The highest BCUT2D eigenvalue weighted by atomic mass is 16.2. The van der Waals surface area contributed by atoms with Crippen LogP contribution in [0.5, 0.6) is 0 Å². The van der Waals surface area contributed by atoms with Gasteiger partial charge in [-0.05, 0) is 47.9 Å². The van der Waals surface area contributed by atoms with E-state index >= 15 is 0 Å². The smallest absolute Gasteiger partial charge is 0.269 e. The summed E-state index contributed by atoms with van der Waals surface area (Å²) in [5.74, 6) is -0.634. The third-order valence-electron chi connectivity index (χ3n) is 3.60. The van der Waals surface area contributed by atoms with E-state index in [0.717, 1.165) is 5.56 Å². The molecule has 0 heterocycles. The number of hydrogen-bond acceptors (Lipinski definition) is 3. The third kappa shape index (κ3) is 5.17. The van der Waals surface area contributed by atoms with Crippen LogP contribution in [-0.4, -0.2) is 17.7 Å². The summed E-state index contributed by atoms with van der Waals surface area (Å²) in [6, 6.07) is 13.6. The zero-order chi connectivity index (χ0) is 18.4. The Bertz CT molecular complexity index is 766. The number of nitrogens with one attached hydrogen (secondary N) is 3. The number of hydrogen-bond donors (Lipinski definition) is 3. The van der Waals surface area contributed by atoms with E-state index in [-0.39, 0.29) is 5.91 Å². The maximum Gasteiger partial charge on any atom is 0.269 e. The van der Waals surface area contributed by atoms with Crippen molar-refractivity contribution in [2.24, 2.45) is 0 Å². The number of rotatable bonds is 4. The lowest BCUT2D eigenvalue weighted by atomic mass is 10.0. The summed E-state index contributed by atoms with van der Waals surface area (Å²) in [4.78, 5) is 35.1. The molecule has 2 aromatic carbocycles. The van der Waals surface area contributed by atoms with Gasteiger partial charge in [0.1, 0.15) is 0 Å². The minimum Gasteiger partial charge on any atom is -0.326 e. The maximum absolute atomic E-state index is 12.1. The van der Waals surface area contributed by atoms with Crippen LogP contribution in [0.2, 0.25) is 0 Å². The third-order valence-corrected chi connectivity index (χ3v) is 3.60. The van der Waals surface area contributed by atoms with Crippen molar-refractivity contribution in [3.63, 3.8) is 0 Å². The lowest BCUT2D eigenvalue weighted by Crippen LogP contribution is -2.41. The van der Waals surface area contributed by atoms with E-state index in [2.05, 4.69) is 30.0 Å². The predicted octanol–water partition coefficient (Wildman–Crippen LogP) is 2.84. The summed E-state index contributed by atoms with van der Waals surface area (Å²) in [6.45, 7) is 5.56. The van der Waals surface area contributed by atoms with E-state index in [0.29, 0.717) is 22.7 Å². The molecule has 0 unspecified atom stereocenters. The van der Waals surface area contributed by atoms with E-state index in [4.69, 9.17) is 0 Å². The molecule has 0 aliphatic heterocycles. The molecule has 0 fully saturated rings. The normalized spacial score (nSPS) is 10.2. The van der Waals surface area contributed by atoms with E-state index < -0.39 is 11.8 Å². The Morgan fingerprint density at radius 2 is 1.20 bits per heavy atom. The molecule has 2 aromatic rings. The molecular weight excluding hydrogens is 318 g/mol. The molecule has 3 N–H and O–H groups in total. The first kappa shape index (κ1) is 18.2. The Balaban J connectivity index is 1.92. The van der Waals surface area contributed by atoms with Gasteiger partial charge in [-0.2, -0.15) is 0 Å². The molecule has 3 amide bonds. The van der Waals surface area contributed by atoms with Gasteiger partial charge in [0.15, 0.2) is 0 Å². The zero-order valence-corrected chi connectivity index (χ0v) is 14.4. The second-order valence-corrected chi connectivity index (χ2v) is 5.94. The van der Waals surface area contributed by atoms with Crippen LogP contribution in [0.15, 0.2) is 48.5 Å². The van der Waals surface area contributed by atoms with Crippen molar-refractivity contribution in [1.29, 1.82) is 0 Å². The number of carbonyl (C=O) groups is 3. The first-order valence-corrected chi connectivity index (χ1v) is 7.95. The molecule has 0 aromatic heterocycles. The zero-order valence-electron chi connectivity index (χ0n) is 14.4. The molecule has 0 saturated heterocycles. The second kappa shape index (κ2) is 8.10. The van der Waals surface area contributed by atoms with E-state index in [1.807, 2.05) is 12.1 Å². The first-order chi connectivity index (χ1) is 11.9. The van der Waals surface area contributed by atoms with Crippen molar-refractivity contribution in [1.82, 2.24) is 10.9 Å². The molecule has 0 saturated carbocycles. The average Bonchev–Trinajstić information content (AvgIpc) is 2.59. The summed E-state index contributed by atoms with van der Waals surface area (Å²) in [5.41, 5.74) is 7.32. The number of amides is 3. The van der Waals surface area contributed by atoms with Gasteiger partial charge < -0.3 is 5.32 Å². The van der Waals surface area contributed by atoms with E-state index in [9.17, 15) is 14.4 Å². The molecular formula is C19H21N3O3. The molecule has 0 bridgehead atoms. The van der Waals surface area contributed by atoms with Gasteiger partial charge in [-0.15, -0.1) is 0 Å². The fraction of sp³-hybridized carbons (Fsp3) is 0.211. The lowest BCUT2D eigenvalue weighted by molar-refractivity contribution is -0.114. The fourth-order valence-corrected chi connectivity index (χ4v) is 2.19. The monoisotopic (exact) mass is 339 g/mol. The topological polar surface area (TPSA) is 87.3 Å².